The van der Waals surface area contributed by atoms with Gasteiger partial charge in [-0.25, -0.2) is 0 Å². The third kappa shape index (κ3) is 0.918. The number of aromatic amines is 1. The summed E-state index contributed by atoms with van der Waals surface area (Å²) >= 11 is 0. The zero-order chi connectivity index (χ0) is 6.69. The summed E-state index contributed by atoms with van der Waals surface area (Å²) in [7, 11) is 0. The number of rotatable bonds is 1. The van der Waals surface area contributed by atoms with Crippen LogP contribution in [0.4, 0.5) is 0 Å². The van der Waals surface area contributed by atoms with Crippen LogP contribution in [0.3, 0.4) is 0 Å². The van der Waals surface area contributed by atoms with Crippen molar-refractivity contribution in [3.63, 3.8) is 0 Å². The summed E-state index contributed by atoms with van der Waals surface area (Å²) in [5.41, 5.74) is 1.56. The highest BCUT2D eigenvalue weighted by molar-refractivity contribution is 5.27. The van der Waals surface area contributed by atoms with Crippen LogP contribution < -0.4 is 0 Å². The average molecular weight is 121 g/mol. The van der Waals surface area contributed by atoms with Crippen LogP contribution in [-0.2, 0) is 6.42 Å². The normalized spacial score (nSPS) is 8.89. The van der Waals surface area contributed by atoms with Crippen molar-refractivity contribution < 1.29 is 0 Å². The molecule has 1 N–H and O–H groups in total. The Labute approximate surface area is 53.3 Å². The Bertz CT molecular complexity index is 231. The first kappa shape index (κ1) is 5.83. The minimum atomic E-state index is 0.581. The van der Waals surface area contributed by atoms with Gasteiger partial charge in [-0.3, -0.25) is 5.10 Å². The van der Waals surface area contributed by atoms with E-state index in [-0.39, 0.29) is 0 Å². The van der Waals surface area contributed by atoms with Crippen molar-refractivity contribution in [1.82, 2.24) is 10.2 Å². The number of nitrogens with one attached hydrogen (secondary N) is 1. The summed E-state index contributed by atoms with van der Waals surface area (Å²) in [6.07, 6.45) is 2.54. The highest BCUT2D eigenvalue weighted by Gasteiger charge is 1.98. The second-order valence-corrected chi connectivity index (χ2v) is 1.74. The Morgan fingerprint density at radius 1 is 1.89 bits per heavy atom. The molecule has 1 rings (SSSR count). The zero-order valence-electron chi connectivity index (χ0n) is 5.18. The van der Waals surface area contributed by atoms with Gasteiger partial charge in [-0.05, 0) is 6.42 Å². The van der Waals surface area contributed by atoms with Gasteiger partial charge in [-0.15, -0.1) is 0 Å². The first-order valence-electron chi connectivity index (χ1n) is 2.80. The molecule has 1 aromatic heterocycles. The summed E-state index contributed by atoms with van der Waals surface area (Å²) in [6.45, 7) is 1.99. The van der Waals surface area contributed by atoms with Crippen LogP contribution in [0.2, 0.25) is 0 Å². The van der Waals surface area contributed by atoms with Crippen LogP contribution >= 0.6 is 0 Å². The molecule has 0 aliphatic heterocycles. The molecule has 9 heavy (non-hydrogen) atoms. The van der Waals surface area contributed by atoms with Crippen LogP contribution in [-0.4, -0.2) is 10.2 Å². The highest BCUT2D eigenvalue weighted by Crippen LogP contribution is 2.01. The van der Waals surface area contributed by atoms with Crippen molar-refractivity contribution >= 4 is 0 Å². The Hall–Kier alpha value is -1.30. The van der Waals surface area contributed by atoms with Crippen molar-refractivity contribution in [3.05, 3.63) is 17.5 Å². The molecule has 1 heterocycles. The highest BCUT2D eigenvalue weighted by atomic mass is 15.1. The number of nitrogens with zero attached hydrogens (tertiary/aromatic N) is 2. The van der Waals surface area contributed by atoms with Gasteiger partial charge in [0.15, 0.2) is 0 Å². The zero-order valence-corrected chi connectivity index (χ0v) is 5.18. The van der Waals surface area contributed by atoms with Crippen LogP contribution in [0, 0.1) is 11.3 Å². The third-order valence-electron chi connectivity index (χ3n) is 1.21. The van der Waals surface area contributed by atoms with Gasteiger partial charge in [-0.2, -0.15) is 10.4 Å². The van der Waals surface area contributed by atoms with Gasteiger partial charge >= 0.3 is 0 Å². The fraction of sp³-hybridized carbons (Fsp3) is 0.333. The molecule has 0 fully saturated rings. The van der Waals surface area contributed by atoms with Crippen LogP contribution in [0.5, 0.6) is 0 Å². The maximum atomic E-state index is 8.42. The minimum absolute atomic E-state index is 0.581. The van der Waals surface area contributed by atoms with Crippen molar-refractivity contribution in [1.29, 1.82) is 5.26 Å². The minimum Gasteiger partial charge on any atom is -0.268 e. The second kappa shape index (κ2) is 2.31. The number of nitriles is 1. The van der Waals surface area contributed by atoms with E-state index in [9.17, 15) is 0 Å². The predicted octanol–water partition coefficient (Wildman–Crippen LogP) is 0.844. The van der Waals surface area contributed by atoms with E-state index in [0.717, 1.165) is 12.0 Å². The summed E-state index contributed by atoms with van der Waals surface area (Å²) in [5, 5.41) is 14.7. The molecule has 1 aromatic rings. The van der Waals surface area contributed by atoms with E-state index in [1.54, 1.807) is 6.20 Å². The number of aryl methyl sites for hydroxylation is 1. The molecular formula is C6H7N3. The Balaban J connectivity index is 3.02. The van der Waals surface area contributed by atoms with Crippen LogP contribution in [0.25, 0.3) is 0 Å². The molecule has 0 radical (unpaired) electrons. The molecule has 0 bridgehead atoms. The van der Waals surface area contributed by atoms with E-state index in [1.165, 1.54) is 0 Å². The van der Waals surface area contributed by atoms with Crippen molar-refractivity contribution in [2.45, 2.75) is 13.3 Å². The molecule has 0 atom stereocenters. The fourth-order valence-electron chi connectivity index (χ4n) is 0.676. The fourth-order valence-corrected chi connectivity index (χ4v) is 0.676. The van der Waals surface area contributed by atoms with E-state index in [1.807, 2.05) is 13.0 Å². The van der Waals surface area contributed by atoms with Gasteiger partial charge < -0.3 is 0 Å². The third-order valence-corrected chi connectivity index (χ3v) is 1.21. The quantitative estimate of drug-likeness (QED) is 0.598. The molecule has 0 aliphatic carbocycles. The van der Waals surface area contributed by atoms with Crippen LogP contribution in [0.1, 0.15) is 18.2 Å². The van der Waals surface area contributed by atoms with Crippen LogP contribution in [0.15, 0.2) is 6.20 Å². The smallest absolute Gasteiger partial charge is 0.138 e. The van der Waals surface area contributed by atoms with Gasteiger partial charge in [0.1, 0.15) is 11.8 Å². The van der Waals surface area contributed by atoms with Gasteiger partial charge in [0, 0.05) is 5.56 Å². The molecular weight excluding hydrogens is 114 g/mol. The SMILES string of the molecule is CCc1cn[nH]c1C#N. The summed E-state index contributed by atoms with van der Waals surface area (Å²) in [4.78, 5) is 0. The maximum Gasteiger partial charge on any atom is 0.138 e. The lowest BCUT2D eigenvalue weighted by molar-refractivity contribution is 1.07. The lowest BCUT2D eigenvalue weighted by Gasteiger charge is -1.83. The van der Waals surface area contributed by atoms with E-state index in [4.69, 9.17) is 5.26 Å². The van der Waals surface area contributed by atoms with Crippen molar-refractivity contribution in [3.8, 4) is 6.07 Å². The van der Waals surface area contributed by atoms with E-state index in [0.29, 0.717) is 5.69 Å². The molecule has 46 valence electrons. The first-order valence-corrected chi connectivity index (χ1v) is 2.80. The van der Waals surface area contributed by atoms with Crippen molar-refractivity contribution in [2.75, 3.05) is 0 Å². The first-order chi connectivity index (χ1) is 4.38. The van der Waals surface area contributed by atoms with Gasteiger partial charge in [0.05, 0.1) is 6.20 Å². The van der Waals surface area contributed by atoms with E-state index >= 15 is 0 Å². The van der Waals surface area contributed by atoms with E-state index < -0.39 is 0 Å². The average Bonchev–Trinajstić information content (AvgIpc) is 2.33. The van der Waals surface area contributed by atoms with Gasteiger partial charge in [0.2, 0.25) is 0 Å². The lowest BCUT2D eigenvalue weighted by atomic mass is 10.2. The number of H-pyrrole nitrogens is 1. The van der Waals surface area contributed by atoms with Gasteiger partial charge in [0.25, 0.3) is 0 Å². The Morgan fingerprint density at radius 3 is 3.11 bits per heavy atom. The molecule has 3 nitrogen and oxygen atoms in total. The molecule has 0 aromatic carbocycles. The molecule has 0 saturated heterocycles. The molecule has 0 amide bonds. The molecule has 3 heteroatoms. The predicted molar refractivity (Wildman–Crippen MR) is 32.7 cm³/mol. The largest absolute Gasteiger partial charge is 0.268 e. The Morgan fingerprint density at radius 2 is 2.67 bits per heavy atom. The summed E-state index contributed by atoms with van der Waals surface area (Å²) < 4.78 is 0. The molecule has 0 unspecified atom stereocenters. The number of aromatic nitrogens is 2. The lowest BCUT2D eigenvalue weighted by Crippen LogP contribution is -1.80. The second-order valence-electron chi connectivity index (χ2n) is 1.74. The number of hydrogen-bond donors (Lipinski definition) is 1. The standard InChI is InChI=1S/C6H7N3/c1-2-5-4-8-9-6(5)3-7/h4H,2H2,1H3,(H,8,9). The summed E-state index contributed by atoms with van der Waals surface area (Å²) in [5.74, 6) is 0. The van der Waals surface area contributed by atoms with Gasteiger partial charge in [-0.1, -0.05) is 6.92 Å². The molecule has 0 saturated carbocycles. The number of hydrogen-bond acceptors (Lipinski definition) is 2. The van der Waals surface area contributed by atoms with E-state index in [2.05, 4.69) is 10.2 Å². The molecule has 0 aliphatic rings. The topological polar surface area (TPSA) is 52.5 Å². The summed E-state index contributed by atoms with van der Waals surface area (Å²) in [6, 6.07) is 2.01. The Kier molecular flexibility index (Phi) is 1.50. The monoisotopic (exact) mass is 121 g/mol. The van der Waals surface area contributed by atoms with Crippen molar-refractivity contribution in [2.24, 2.45) is 0 Å². The maximum absolute atomic E-state index is 8.42. The molecule has 0 spiro atoms.